The summed E-state index contributed by atoms with van der Waals surface area (Å²) in [6.45, 7) is 9.63. The van der Waals surface area contributed by atoms with E-state index in [1.807, 2.05) is 10.8 Å². The lowest BCUT2D eigenvalue weighted by Gasteiger charge is -2.29. The number of nitrogens with zero attached hydrogens (tertiary/aromatic N) is 3. The van der Waals surface area contributed by atoms with Crippen LogP contribution in [0.15, 0.2) is 36.9 Å². The third kappa shape index (κ3) is 5.14. The van der Waals surface area contributed by atoms with Crippen LogP contribution in [0, 0.1) is 3.95 Å². The number of hydrogen-bond acceptors (Lipinski definition) is 6. The number of benzene rings is 1. The Balaban J connectivity index is 1.56. The van der Waals surface area contributed by atoms with Crippen LogP contribution in [0.1, 0.15) is 5.56 Å². The molecule has 3 rings (SSSR count). The molecule has 0 amide bonds. The predicted octanol–water partition coefficient (Wildman–Crippen LogP) is 1.78. The number of anilines is 2. The average molecular weight is 393 g/mol. The van der Waals surface area contributed by atoms with Gasteiger partial charge in [0.25, 0.3) is 0 Å². The Labute approximate surface area is 163 Å². The van der Waals surface area contributed by atoms with E-state index in [-0.39, 0.29) is 0 Å². The topological polar surface area (TPSA) is 46.8 Å². The minimum absolute atomic E-state index is 0.695. The van der Waals surface area contributed by atoms with Gasteiger partial charge in [-0.25, -0.2) is 0 Å². The first-order chi connectivity index (χ1) is 12.7. The molecule has 0 saturated carbocycles. The van der Waals surface area contributed by atoms with Gasteiger partial charge < -0.3 is 19.9 Å². The molecule has 1 aromatic carbocycles. The maximum atomic E-state index is 5.42. The van der Waals surface area contributed by atoms with Crippen molar-refractivity contribution in [2.75, 3.05) is 50.1 Å². The molecule has 26 heavy (non-hydrogen) atoms. The molecule has 2 aromatic rings. The molecule has 1 fully saturated rings. The number of quaternary nitrogens is 1. The third-order valence-electron chi connectivity index (χ3n) is 4.24. The van der Waals surface area contributed by atoms with Gasteiger partial charge >= 0.3 is 0 Å². The molecular formula is C18H26N5OS2+. The van der Waals surface area contributed by atoms with Gasteiger partial charge in [0.2, 0.25) is 5.13 Å². The van der Waals surface area contributed by atoms with E-state index in [0.29, 0.717) is 6.54 Å². The molecule has 1 saturated heterocycles. The SMILES string of the molecule is C=CCNc1nn(C[NH+](C)Cc2ccc(N3CCOCC3)cc2)c(=S)s1. The Kier molecular flexibility index (Phi) is 6.79. The minimum atomic E-state index is 0.695. The van der Waals surface area contributed by atoms with Gasteiger partial charge in [0.15, 0.2) is 10.6 Å². The summed E-state index contributed by atoms with van der Waals surface area (Å²) in [5.41, 5.74) is 2.58. The maximum Gasteiger partial charge on any atom is 0.205 e. The first kappa shape index (κ1) is 19.0. The second kappa shape index (κ2) is 9.27. The summed E-state index contributed by atoms with van der Waals surface area (Å²) >= 11 is 6.92. The van der Waals surface area contributed by atoms with Crippen molar-refractivity contribution in [3.8, 4) is 0 Å². The summed E-state index contributed by atoms with van der Waals surface area (Å²) in [5.74, 6) is 0. The highest BCUT2D eigenvalue weighted by atomic mass is 32.1. The Morgan fingerprint density at radius 2 is 2.08 bits per heavy atom. The zero-order valence-corrected chi connectivity index (χ0v) is 16.7. The highest BCUT2D eigenvalue weighted by Crippen LogP contribution is 2.16. The predicted molar refractivity (Wildman–Crippen MR) is 110 cm³/mol. The Bertz CT molecular complexity index is 765. The van der Waals surface area contributed by atoms with E-state index in [0.717, 1.165) is 48.6 Å². The zero-order chi connectivity index (χ0) is 18.4. The smallest absolute Gasteiger partial charge is 0.205 e. The lowest BCUT2D eigenvalue weighted by molar-refractivity contribution is -0.917. The van der Waals surface area contributed by atoms with E-state index in [9.17, 15) is 0 Å². The van der Waals surface area contributed by atoms with Gasteiger partial charge in [-0.3, -0.25) is 0 Å². The van der Waals surface area contributed by atoms with Crippen molar-refractivity contribution in [1.29, 1.82) is 0 Å². The fourth-order valence-corrected chi connectivity index (χ4v) is 3.96. The molecule has 140 valence electrons. The second-order valence-electron chi connectivity index (χ2n) is 6.40. The van der Waals surface area contributed by atoms with Crippen LogP contribution in [0.5, 0.6) is 0 Å². The highest BCUT2D eigenvalue weighted by Gasteiger charge is 2.12. The van der Waals surface area contributed by atoms with Crippen LogP contribution < -0.4 is 15.1 Å². The van der Waals surface area contributed by atoms with Gasteiger partial charge in [0, 0.05) is 30.9 Å². The number of aromatic nitrogens is 2. The van der Waals surface area contributed by atoms with Gasteiger partial charge in [-0.05, 0) is 24.4 Å². The van der Waals surface area contributed by atoms with Crippen molar-refractivity contribution in [3.05, 3.63) is 46.4 Å². The largest absolute Gasteiger partial charge is 0.378 e. The van der Waals surface area contributed by atoms with Crippen LogP contribution >= 0.6 is 23.6 Å². The van der Waals surface area contributed by atoms with Gasteiger partial charge in [-0.1, -0.05) is 29.5 Å². The van der Waals surface area contributed by atoms with Gasteiger partial charge in [0.1, 0.15) is 6.54 Å². The monoisotopic (exact) mass is 392 g/mol. The van der Waals surface area contributed by atoms with Crippen molar-refractivity contribution in [1.82, 2.24) is 9.78 Å². The minimum Gasteiger partial charge on any atom is -0.378 e. The Morgan fingerprint density at radius 1 is 1.35 bits per heavy atom. The molecule has 1 atom stereocenters. The quantitative estimate of drug-likeness (QED) is 0.530. The standard InChI is InChI=1S/C18H25N5OS2/c1-3-8-19-17-20-23(18(25)26-17)14-21(2)13-15-4-6-16(7-5-15)22-9-11-24-12-10-22/h3-7H,1,8-14H2,2H3,(H,19,20)/p+1. The molecule has 1 aliphatic rings. The Morgan fingerprint density at radius 3 is 2.77 bits per heavy atom. The average Bonchev–Trinajstić information content (AvgIpc) is 3.00. The summed E-state index contributed by atoms with van der Waals surface area (Å²) in [7, 11) is 2.16. The van der Waals surface area contributed by atoms with Crippen LogP contribution in [0.4, 0.5) is 10.8 Å². The number of nitrogens with one attached hydrogen (secondary N) is 2. The number of ether oxygens (including phenoxy) is 1. The molecule has 0 aliphatic carbocycles. The summed E-state index contributed by atoms with van der Waals surface area (Å²) in [6, 6.07) is 8.84. The molecule has 1 aromatic heterocycles. The van der Waals surface area contributed by atoms with Crippen molar-refractivity contribution in [3.63, 3.8) is 0 Å². The van der Waals surface area contributed by atoms with E-state index in [2.05, 4.69) is 53.2 Å². The summed E-state index contributed by atoms with van der Waals surface area (Å²) in [4.78, 5) is 3.71. The van der Waals surface area contributed by atoms with Gasteiger partial charge in [-0.2, -0.15) is 4.68 Å². The molecule has 2 heterocycles. The summed E-state index contributed by atoms with van der Waals surface area (Å²) in [5, 5.41) is 8.58. The molecule has 0 radical (unpaired) electrons. The normalized spacial score (nSPS) is 15.7. The molecule has 0 spiro atoms. The summed E-state index contributed by atoms with van der Waals surface area (Å²) < 4.78 is 8.10. The van der Waals surface area contributed by atoms with Crippen molar-refractivity contribution < 1.29 is 9.64 Å². The van der Waals surface area contributed by atoms with Crippen LogP contribution in [0.3, 0.4) is 0 Å². The summed E-state index contributed by atoms with van der Waals surface area (Å²) in [6.07, 6.45) is 1.81. The molecule has 6 nitrogen and oxygen atoms in total. The number of rotatable bonds is 8. The van der Waals surface area contributed by atoms with Crippen molar-refractivity contribution in [2.24, 2.45) is 0 Å². The first-order valence-corrected chi connectivity index (χ1v) is 10.0. The molecule has 2 N–H and O–H groups in total. The fraction of sp³-hybridized carbons (Fsp3) is 0.444. The lowest BCUT2D eigenvalue weighted by atomic mass is 10.2. The third-order valence-corrected chi connectivity index (χ3v) is 5.51. The number of morpholine rings is 1. The highest BCUT2D eigenvalue weighted by molar-refractivity contribution is 7.73. The maximum absolute atomic E-state index is 5.42. The van der Waals surface area contributed by atoms with Gasteiger partial charge in [-0.15, -0.1) is 11.7 Å². The molecule has 1 aliphatic heterocycles. The molecular weight excluding hydrogens is 366 g/mol. The van der Waals surface area contributed by atoms with E-state index < -0.39 is 0 Å². The molecule has 1 unspecified atom stereocenters. The lowest BCUT2D eigenvalue weighted by Crippen LogP contribution is -3.07. The number of hydrogen-bond donors (Lipinski definition) is 2. The molecule has 0 bridgehead atoms. The van der Waals surface area contributed by atoms with Crippen molar-refractivity contribution in [2.45, 2.75) is 13.2 Å². The van der Waals surface area contributed by atoms with E-state index in [1.54, 1.807) is 0 Å². The second-order valence-corrected chi connectivity index (χ2v) is 8.02. The Hall–Kier alpha value is -1.74. The van der Waals surface area contributed by atoms with Crippen LogP contribution in [-0.4, -0.2) is 49.7 Å². The van der Waals surface area contributed by atoms with Crippen LogP contribution in [-0.2, 0) is 18.0 Å². The molecule has 8 heteroatoms. The zero-order valence-electron chi connectivity index (χ0n) is 15.1. The van der Waals surface area contributed by atoms with E-state index in [1.165, 1.54) is 27.5 Å². The van der Waals surface area contributed by atoms with Crippen LogP contribution in [0.25, 0.3) is 0 Å². The fourth-order valence-electron chi connectivity index (χ4n) is 2.94. The first-order valence-electron chi connectivity index (χ1n) is 8.81. The van der Waals surface area contributed by atoms with E-state index >= 15 is 0 Å². The van der Waals surface area contributed by atoms with Crippen LogP contribution in [0.2, 0.25) is 0 Å². The van der Waals surface area contributed by atoms with Gasteiger partial charge in [0.05, 0.1) is 20.3 Å². The van der Waals surface area contributed by atoms with Crippen molar-refractivity contribution >= 4 is 34.4 Å². The van der Waals surface area contributed by atoms with E-state index in [4.69, 9.17) is 17.0 Å².